The van der Waals surface area contributed by atoms with E-state index in [0.717, 1.165) is 9.36 Å². The Hall–Kier alpha value is -3.46. The third kappa shape index (κ3) is 3.05. The summed E-state index contributed by atoms with van der Waals surface area (Å²) in [6, 6.07) is 0. The standard InChI is InChI=1S/C4H4N12O4/c17-15(18)7-3-5-9-11-13(3)1-2-14-4(6-10-12-14)8-16(19)20/h1-2H2/q-2. The Morgan fingerprint density at radius 2 is 1.35 bits per heavy atom. The van der Waals surface area contributed by atoms with Crippen LogP contribution in [0, 0.1) is 20.2 Å². The Bertz CT molecular complexity index is 679. The third-order valence-corrected chi connectivity index (χ3v) is 1.89. The van der Waals surface area contributed by atoms with E-state index in [1.807, 2.05) is 0 Å². The molecule has 20 heavy (non-hydrogen) atoms. The number of nitrogens with zero attached hydrogens (tertiary/aromatic N) is 12. The van der Waals surface area contributed by atoms with Gasteiger partial charge in [-0.1, -0.05) is 0 Å². The minimum atomic E-state index is -0.952. The molecule has 0 aliphatic carbocycles. The van der Waals surface area contributed by atoms with Gasteiger partial charge in [0.05, 0.1) is 0 Å². The summed E-state index contributed by atoms with van der Waals surface area (Å²) >= 11 is 0. The van der Waals surface area contributed by atoms with Crippen molar-refractivity contribution in [2.24, 2.45) is 10.2 Å². The Balaban J connectivity index is 2.19. The fourth-order valence-electron chi connectivity index (χ4n) is 1.17. The number of nitro groups is 2. The Labute approximate surface area is 106 Å². The van der Waals surface area contributed by atoms with Crippen LogP contribution in [0.25, 0.3) is 0 Å². The molecule has 0 fully saturated rings. The first-order chi connectivity index (χ1) is 9.56. The maximum atomic E-state index is 10.2. The highest BCUT2D eigenvalue weighted by Crippen LogP contribution is 1.78. The van der Waals surface area contributed by atoms with Gasteiger partial charge < -0.3 is 9.36 Å². The topological polar surface area (TPSA) is 201 Å². The molecule has 0 unspecified atom stereocenters. The number of rotatable bonds is 5. The summed E-state index contributed by atoms with van der Waals surface area (Å²) in [4.78, 5) is 20.5. The lowest BCUT2D eigenvalue weighted by atomic mass is 10.6. The van der Waals surface area contributed by atoms with E-state index in [-0.39, 0.29) is 24.3 Å². The fourth-order valence-corrected chi connectivity index (χ4v) is 1.17. The van der Waals surface area contributed by atoms with E-state index in [4.69, 9.17) is 0 Å². The van der Waals surface area contributed by atoms with Crippen LogP contribution < -0.4 is 21.4 Å². The summed E-state index contributed by atoms with van der Waals surface area (Å²) in [7, 11) is 0. The van der Waals surface area contributed by atoms with E-state index in [1.54, 1.807) is 0 Å². The number of hydrogen-bond donors (Lipinski definition) is 0. The van der Waals surface area contributed by atoms with Crippen molar-refractivity contribution in [2.45, 2.75) is 13.1 Å². The van der Waals surface area contributed by atoms with Crippen LogP contribution in [-0.4, -0.2) is 40.3 Å². The second-order valence-electron chi connectivity index (χ2n) is 3.08. The van der Waals surface area contributed by atoms with Crippen molar-refractivity contribution in [1.82, 2.24) is 40.4 Å². The minimum Gasteiger partial charge on any atom is -0.325 e. The normalized spacial score (nSPS) is 12.8. The lowest BCUT2D eigenvalue weighted by Gasteiger charge is -2.07. The number of hydrogen-bond acceptors (Lipinski definition) is 8. The van der Waals surface area contributed by atoms with Crippen molar-refractivity contribution in [3.63, 3.8) is 0 Å². The zero-order valence-corrected chi connectivity index (χ0v) is 9.41. The van der Waals surface area contributed by atoms with Crippen LogP contribution in [0.5, 0.6) is 0 Å². The van der Waals surface area contributed by atoms with Crippen LogP contribution in [0.3, 0.4) is 0 Å². The molecule has 0 spiro atoms. The van der Waals surface area contributed by atoms with Crippen molar-refractivity contribution in [2.75, 3.05) is 0 Å². The van der Waals surface area contributed by atoms with E-state index in [1.165, 1.54) is 0 Å². The van der Waals surface area contributed by atoms with Gasteiger partial charge in [-0.3, -0.25) is 0 Å². The van der Waals surface area contributed by atoms with Crippen molar-refractivity contribution in [3.8, 4) is 0 Å². The van der Waals surface area contributed by atoms with Gasteiger partial charge in [-0.2, -0.15) is 0 Å². The maximum absolute atomic E-state index is 10.2. The van der Waals surface area contributed by atoms with E-state index in [2.05, 4.69) is 41.3 Å². The molecule has 0 radical (unpaired) electrons. The van der Waals surface area contributed by atoms with Crippen LogP contribution >= 0.6 is 0 Å². The predicted octanol–water partition coefficient (Wildman–Crippen LogP) is -4.33. The van der Waals surface area contributed by atoms with Gasteiger partial charge in [0.2, 0.25) is 0 Å². The minimum absolute atomic E-state index is 0.00491. The third-order valence-electron chi connectivity index (χ3n) is 1.89. The van der Waals surface area contributed by atoms with Crippen molar-refractivity contribution < 1.29 is 10.1 Å². The molecule has 0 atom stereocenters. The highest BCUT2D eigenvalue weighted by atomic mass is 16.7. The molecule has 0 aliphatic heterocycles. The molecular weight excluding hydrogens is 280 g/mol. The zero-order valence-electron chi connectivity index (χ0n) is 9.41. The molecule has 0 amide bonds. The average molecular weight is 284 g/mol. The number of aryl methyl sites for hydroxylation is 2. The first-order valence-corrected chi connectivity index (χ1v) is 4.80. The molecule has 16 nitrogen and oxygen atoms in total. The Morgan fingerprint density at radius 3 is 1.70 bits per heavy atom. The number of tetrazole rings is 2. The Kier molecular flexibility index (Phi) is 3.54. The molecule has 0 N–H and O–H groups in total. The molecular formula is C4H4N12O4-2. The summed E-state index contributed by atoms with van der Waals surface area (Å²) < 4.78 is 2.03. The first kappa shape index (κ1) is 13.0. The van der Waals surface area contributed by atoms with Gasteiger partial charge in [0.25, 0.3) is 0 Å². The smallest absolute Gasteiger partial charge is 0.170 e. The van der Waals surface area contributed by atoms with Gasteiger partial charge in [-0.15, -0.1) is 10.4 Å². The summed E-state index contributed by atoms with van der Waals surface area (Å²) in [6.07, 6.45) is 0. The molecule has 16 heteroatoms. The first-order valence-electron chi connectivity index (χ1n) is 4.80. The lowest BCUT2D eigenvalue weighted by molar-refractivity contribution is -0.491. The molecule has 106 valence electrons. The van der Waals surface area contributed by atoms with Gasteiger partial charge in [0, 0.05) is 13.1 Å². The van der Waals surface area contributed by atoms with Gasteiger partial charge >= 0.3 is 0 Å². The average Bonchev–Trinajstić information content (AvgIpc) is 2.95. The van der Waals surface area contributed by atoms with E-state index in [9.17, 15) is 20.2 Å². The van der Waals surface area contributed by atoms with Gasteiger partial charge in [0.1, 0.15) is 10.1 Å². The second kappa shape index (κ2) is 5.46. The summed E-state index contributed by atoms with van der Waals surface area (Å²) in [5.41, 5.74) is -0.647. The van der Waals surface area contributed by atoms with Crippen LogP contribution in [0.15, 0.2) is 10.2 Å². The lowest BCUT2D eigenvalue weighted by Crippen LogP contribution is -2.29. The molecule has 0 saturated heterocycles. The summed E-state index contributed by atoms with van der Waals surface area (Å²) in [6.45, 7) is 0.00982. The molecule has 0 aromatic carbocycles. The highest BCUT2D eigenvalue weighted by Gasteiger charge is 1.96. The monoisotopic (exact) mass is 284 g/mol. The van der Waals surface area contributed by atoms with Crippen molar-refractivity contribution in [1.29, 1.82) is 0 Å². The quantitative estimate of drug-likeness (QED) is 0.381. The second-order valence-corrected chi connectivity index (χ2v) is 3.08. The maximum Gasteiger partial charge on any atom is 0.170 e. The van der Waals surface area contributed by atoms with Crippen LogP contribution in [0.4, 0.5) is 0 Å². The molecule has 0 saturated carbocycles. The summed E-state index contributed by atoms with van der Waals surface area (Å²) in [5, 5.41) is 44.5. The largest absolute Gasteiger partial charge is 0.325 e. The zero-order chi connectivity index (χ0) is 14.5. The molecule has 2 heterocycles. The molecule has 2 aromatic heterocycles. The van der Waals surface area contributed by atoms with Crippen molar-refractivity contribution >= 4 is 0 Å². The molecule has 0 aliphatic rings. The predicted molar refractivity (Wildman–Crippen MR) is 51.8 cm³/mol. The van der Waals surface area contributed by atoms with Crippen LogP contribution in [-0.2, 0) is 13.1 Å². The highest BCUT2D eigenvalue weighted by molar-refractivity contribution is 4.52. The SMILES string of the molecule is O=[N+]([O-])/N=c1\[n-]nnn1CCn1nn[n-]/c1=N\[N+](=O)[O-]. The molecule has 0 bridgehead atoms. The fraction of sp³-hybridized carbons (Fsp3) is 0.500. The Morgan fingerprint density at radius 1 is 0.950 bits per heavy atom. The van der Waals surface area contributed by atoms with Crippen LogP contribution in [0.1, 0.15) is 0 Å². The molecule has 2 aromatic rings. The van der Waals surface area contributed by atoms with Gasteiger partial charge in [-0.05, 0) is 10.2 Å². The molecule has 2 rings (SSSR count). The van der Waals surface area contributed by atoms with E-state index in [0.29, 0.717) is 0 Å². The summed E-state index contributed by atoms with van der Waals surface area (Å²) in [5.74, 6) is 0. The van der Waals surface area contributed by atoms with Gasteiger partial charge in [0.15, 0.2) is 11.2 Å². The van der Waals surface area contributed by atoms with E-state index >= 15 is 0 Å². The van der Waals surface area contributed by atoms with Gasteiger partial charge in [-0.25, -0.2) is 40.9 Å². The van der Waals surface area contributed by atoms with Crippen LogP contribution in [0.2, 0.25) is 0 Å². The number of aromatic nitrogens is 8. The van der Waals surface area contributed by atoms with E-state index < -0.39 is 10.1 Å². The van der Waals surface area contributed by atoms with Crippen molar-refractivity contribution in [3.05, 3.63) is 31.5 Å².